The molecule has 9 nitrogen and oxygen atoms in total. The van der Waals surface area contributed by atoms with Crippen molar-refractivity contribution in [3.8, 4) is 22.9 Å². The molecule has 3 aromatic heterocycles. The first kappa shape index (κ1) is 21.2. The number of rotatable bonds is 8. The van der Waals surface area contributed by atoms with E-state index in [2.05, 4.69) is 44.0 Å². The molecular formula is C23H22N6O3S. The largest absolute Gasteiger partial charge is 0.497 e. The lowest BCUT2D eigenvalue weighted by atomic mass is 10.2. The van der Waals surface area contributed by atoms with Gasteiger partial charge in [-0.2, -0.15) is 4.98 Å². The lowest BCUT2D eigenvalue weighted by molar-refractivity contribution is 0.388. The van der Waals surface area contributed by atoms with Crippen LogP contribution in [0.2, 0.25) is 0 Å². The summed E-state index contributed by atoms with van der Waals surface area (Å²) in [5, 5.41) is 14.5. The molecule has 3 heterocycles. The van der Waals surface area contributed by atoms with Crippen molar-refractivity contribution in [3.63, 3.8) is 0 Å². The highest BCUT2D eigenvalue weighted by molar-refractivity contribution is 7.98. The Morgan fingerprint density at radius 3 is 2.73 bits per heavy atom. The van der Waals surface area contributed by atoms with Crippen molar-refractivity contribution in [3.05, 3.63) is 48.4 Å². The Hall–Kier alpha value is -3.66. The van der Waals surface area contributed by atoms with E-state index < -0.39 is 0 Å². The molecule has 0 spiro atoms. The Kier molecular flexibility index (Phi) is 5.82. The normalized spacial score (nSPS) is 11.4. The Morgan fingerprint density at radius 1 is 1.03 bits per heavy atom. The zero-order chi connectivity index (χ0) is 22.8. The van der Waals surface area contributed by atoms with Gasteiger partial charge in [0.25, 0.3) is 0 Å². The summed E-state index contributed by atoms with van der Waals surface area (Å²) in [7, 11) is 3.20. The molecule has 0 aliphatic carbocycles. The fraction of sp³-hybridized carbons (Fsp3) is 0.261. The van der Waals surface area contributed by atoms with Gasteiger partial charge < -0.3 is 18.6 Å². The Morgan fingerprint density at radius 2 is 1.91 bits per heavy atom. The summed E-state index contributed by atoms with van der Waals surface area (Å²) in [4.78, 5) is 9.29. The fourth-order valence-electron chi connectivity index (χ4n) is 3.73. The molecule has 0 unspecified atom stereocenters. The van der Waals surface area contributed by atoms with Crippen LogP contribution in [0, 0.1) is 0 Å². The predicted molar refractivity (Wildman–Crippen MR) is 126 cm³/mol. The molecule has 0 radical (unpaired) electrons. The van der Waals surface area contributed by atoms with Crippen LogP contribution < -0.4 is 9.47 Å². The van der Waals surface area contributed by atoms with Gasteiger partial charge in [-0.3, -0.25) is 0 Å². The zero-order valence-electron chi connectivity index (χ0n) is 18.5. The van der Waals surface area contributed by atoms with Crippen LogP contribution in [0.3, 0.4) is 0 Å². The minimum Gasteiger partial charge on any atom is -0.497 e. The van der Waals surface area contributed by atoms with Crippen molar-refractivity contribution in [1.29, 1.82) is 0 Å². The van der Waals surface area contributed by atoms with Crippen molar-refractivity contribution in [1.82, 2.24) is 29.9 Å². The number of fused-ring (bicyclic) bond motifs is 3. The maximum Gasteiger partial charge on any atom is 0.237 e. The number of nitrogens with zero attached hydrogens (tertiary/aromatic N) is 6. The zero-order valence-corrected chi connectivity index (χ0v) is 19.3. The van der Waals surface area contributed by atoms with Crippen molar-refractivity contribution in [2.75, 3.05) is 14.2 Å². The molecule has 0 bridgehead atoms. The van der Waals surface area contributed by atoms with Crippen molar-refractivity contribution < 1.29 is 14.0 Å². The summed E-state index contributed by atoms with van der Waals surface area (Å²) in [5.74, 6) is 2.63. The molecule has 0 amide bonds. The number of thioether (sulfide) groups is 1. The number of methoxy groups -OCH3 is 2. The third-order valence-corrected chi connectivity index (χ3v) is 6.07. The second-order valence-corrected chi connectivity index (χ2v) is 8.24. The molecule has 0 saturated carbocycles. The number of aromatic nitrogens is 6. The van der Waals surface area contributed by atoms with Crippen LogP contribution >= 0.6 is 11.8 Å². The molecule has 0 aliphatic rings. The fourth-order valence-corrected chi connectivity index (χ4v) is 4.35. The van der Waals surface area contributed by atoms with Gasteiger partial charge in [-0.1, -0.05) is 42.0 Å². The van der Waals surface area contributed by atoms with E-state index in [1.165, 1.54) is 11.8 Å². The van der Waals surface area contributed by atoms with E-state index in [9.17, 15) is 0 Å². The van der Waals surface area contributed by atoms with Crippen molar-refractivity contribution in [2.24, 2.45) is 0 Å². The lowest BCUT2D eigenvalue weighted by Gasteiger charge is -2.07. The lowest BCUT2D eigenvalue weighted by Crippen LogP contribution is -2.00. The average Bonchev–Trinajstić information content (AvgIpc) is 3.45. The van der Waals surface area contributed by atoms with Crippen LogP contribution in [0.1, 0.15) is 19.2 Å². The molecule has 0 N–H and O–H groups in total. The smallest absolute Gasteiger partial charge is 0.237 e. The van der Waals surface area contributed by atoms with Crippen LogP contribution in [-0.4, -0.2) is 44.1 Å². The summed E-state index contributed by atoms with van der Waals surface area (Å²) >= 11 is 1.40. The number of para-hydroxylation sites is 1. The van der Waals surface area contributed by atoms with Gasteiger partial charge in [-0.05, 0) is 24.6 Å². The van der Waals surface area contributed by atoms with Gasteiger partial charge in [0.1, 0.15) is 17.0 Å². The summed E-state index contributed by atoms with van der Waals surface area (Å²) in [5.41, 5.74) is 3.50. The summed E-state index contributed by atoms with van der Waals surface area (Å²) < 4.78 is 18.3. The highest BCUT2D eigenvalue weighted by Crippen LogP contribution is 2.32. The highest BCUT2D eigenvalue weighted by atomic mass is 32.2. The Labute approximate surface area is 194 Å². The standard InChI is InChI=1S/C23H22N6O3S/c1-4-11-29-17-8-6-5-7-15(17)20-22(29)25-23(27-26-20)33-13-19-24-21(28-32-19)16-10-9-14(30-2)12-18(16)31-3/h5-10,12H,4,11,13H2,1-3H3. The number of hydrogen-bond acceptors (Lipinski definition) is 9. The van der Waals surface area contributed by atoms with E-state index >= 15 is 0 Å². The van der Waals surface area contributed by atoms with E-state index in [0.717, 1.165) is 40.6 Å². The van der Waals surface area contributed by atoms with Crippen LogP contribution in [0.4, 0.5) is 0 Å². The first-order chi connectivity index (χ1) is 16.2. The van der Waals surface area contributed by atoms with Gasteiger partial charge in [0.2, 0.25) is 16.9 Å². The molecular weight excluding hydrogens is 440 g/mol. The molecule has 2 aromatic carbocycles. The molecule has 0 saturated heterocycles. The van der Waals surface area contributed by atoms with Gasteiger partial charge in [0, 0.05) is 18.0 Å². The second kappa shape index (κ2) is 9.07. The highest BCUT2D eigenvalue weighted by Gasteiger charge is 2.17. The number of benzene rings is 2. The van der Waals surface area contributed by atoms with Crippen LogP contribution in [0.5, 0.6) is 11.5 Å². The number of hydrogen-bond donors (Lipinski definition) is 0. The monoisotopic (exact) mass is 462 g/mol. The molecule has 168 valence electrons. The first-order valence-electron chi connectivity index (χ1n) is 10.5. The van der Waals surface area contributed by atoms with E-state index in [1.54, 1.807) is 20.3 Å². The third kappa shape index (κ3) is 3.97. The van der Waals surface area contributed by atoms with Crippen LogP contribution in [0.25, 0.3) is 33.5 Å². The van der Waals surface area contributed by atoms with Gasteiger partial charge in [-0.15, -0.1) is 10.2 Å². The summed E-state index contributed by atoms with van der Waals surface area (Å²) in [6.07, 6.45) is 1.000. The van der Waals surface area contributed by atoms with E-state index in [1.807, 2.05) is 24.3 Å². The maximum atomic E-state index is 5.44. The van der Waals surface area contributed by atoms with Gasteiger partial charge in [0.05, 0.1) is 31.1 Å². The molecule has 0 atom stereocenters. The quantitative estimate of drug-likeness (QED) is 0.302. The van der Waals surface area contributed by atoms with E-state index in [0.29, 0.717) is 34.1 Å². The predicted octanol–water partition coefficient (Wildman–Crippen LogP) is 4.75. The molecule has 0 aliphatic heterocycles. The maximum absolute atomic E-state index is 5.44. The summed E-state index contributed by atoms with van der Waals surface area (Å²) in [6, 6.07) is 13.6. The number of ether oxygens (including phenoxy) is 2. The summed E-state index contributed by atoms with van der Waals surface area (Å²) in [6.45, 7) is 3.01. The minimum atomic E-state index is 0.423. The van der Waals surface area contributed by atoms with Crippen molar-refractivity contribution >= 4 is 33.8 Å². The van der Waals surface area contributed by atoms with E-state index in [-0.39, 0.29) is 0 Å². The number of aryl methyl sites for hydroxylation is 1. The topological polar surface area (TPSA) is 101 Å². The third-order valence-electron chi connectivity index (χ3n) is 5.24. The van der Waals surface area contributed by atoms with Gasteiger partial charge in [0.15, 0.2) is 5.65 Å². The minimum absolute atomic E-state index is 0.423. The van der Waals surface area contributed by atoms with Crippen LogP contribution in [0.15, 0.2) is 52.1 Å². The van der Waals surface area contributed by atoms with Crippen molar-refractivity contribution in [2.45, 2.75) is 30.8 Å². The van der Waals surface area contributed by atoms with Gasteiger partial charge in [-0.25, -0.2) is 4.98 Å². The van der Waals surface area contributed by atoms with Crippen LogP contribution in [-0.2, 0) is 12.3 Å². The second-order valence-electron chi connectivity index (χ2n) is 7.30. The van der Waals surface area contributed by atoms with E-state index in [4.69, 9.17) is 19.0 Å². The molecule has 33 heavy (non-hydrogen) atoms. The van der Waals surface area contributed by atoms with Gasteiger partial charge >= 0.3 is 0 Å². The Bertz CT molecular complexity index is 1430. The Balaban J connectivity index is 1.39. The SMILES string of the molecule is CCCn1c2ccccc2c2nnc(SCc3nc(-c4ccc(OC)cc4OC)no3)nc21. The molecule has 10 heteroatoms. The first-order valence-corrected chi connectivity index (χ1v) is 11.5. The molecule has 5 rings (SSSR count). The molecule has 5 aromatic rings. The molecule has 0 fully saturated rings. The average molecular weight is 463 g/mol.